The van der Waals surface area contributed by atoms with E-state index in [1.165, 1.54) is 5.56 Å². The number of nitrogens with one attached hydrogen (secondary N) is 1. The second kappa shape index (κ2) is 6.71. The highest BCUT2D eigenvalue weighted by Crippen LogP contribution is 2.23. The van der Waals surface area contributed by atoms with Crippen molar-refractivity contribution in [3.05, 3.63) is 82.9 Å². The van der Waals surface area contributed by atoms with Crippen LogP contribution in [0.1, 0.15) is 33.0 Å². The Morgan fingerprint density at radius 3 is 2.54 bits per heavy atom. The van der Waals surface area contributed by atoms with E-state index < -0.39 is 0 Å². The van der Waals surface area contributed by atoms with Gasteiger partial charge in [0.1, 0.15) is 0 Å². The molecule has 1 amide bonds. The lowest BCUT2D eigenvalue weighted by molar-refractivity contribution is 0.0950. The quantitative estimate of drug-likeness (QED) is 0.796. The molecule has 24 heavy (non-hydrogen) atoms. The van der Waals surface area contributed by atoms with E-state index in [0.29, 0.717) is 12.1 Å². The zero-order valence-corrected chi connectivity index (χ0v) is 14.2. The van der Waals surface area contributed by atoms with Crippen molar-refractivity contribution >= 4 is 5.91 Å². The molecule has 1 N–H and O–H groups in total. The highest BCUT2D eigenvalue weighted by atomic mass is 16.1. The van der Waals surface area contributed by atoms with Crippen LogP contribution in [0.25, 0.3) is 5.69 Å². The Morgan fingerprint density at radius 1 is 1.08 bits per heavy atom. The van der Waals surface area contributed by atoms with Gasteiger partial charge in [0.2, 0.25) is 0 Å². The summed E-state index contributed by atoms with van der Waals surface area (Å²) in [5.41, 5.74) is 5.83. The topological polar surface area (TPSA) is 46.9 Å². The molecule has 0 aliphatic heterocycles. The second-order valence-electron chi connectivity index (χ2n) is 5.91. The van der Waals surface area contributed by atoms with Crippen LogP contribution >= 0.6 is 0 Å². The summed E-state index contributed by atoms with van der Waals surface area (Å²) in [6.07, 6.45) is 1.73. The number of aromatic nitrogens is 2. The smallest absolute Gasteiger partial charge is 0.253 e. The van der Waals surface area contributed by atoms with Gasteiger partial charge in [0.05, 0.1) is 17.8 Å². The van der Waals surface area contributed by atoms with E-state index in [4.69, 9.17) is 0 Å². The summed E-state index contributed by atoms with van der Waals surface area (Å²) in [5, 5.41) is 2.95. The van der Waals surface area contributed by atoms with Crippen molar-refractivity contribution in [2.45, 2.75) is 27.3 Å². The average molecular weight is 319 g/mol. The van der Waals surface area contributed by atoms with E-state index in [-0.39, 0.29) is 5.91 Å². The lowest BCUT2D eigenvalue weighted by Crippen LogP contribution is -2.23. The van der Waals surface area contributed by atoms with Crippen LogP contribution in [0.3, 0.4) is 0 Å². The molecule has 2 heterocycles. The number of amides is 1. The van der Waals surface area contributed by atoms with Gasteiger partial charge in [0.25, 0.3) is 5.91 Å². The molecule has 0 spiro atoms. The maximum absolute atomic E-state index is 12.6. The number of carbonyl (C=O) groups excluding carboxylic acids is 1. The number of para-hydroxylation sites is 1. The van der Waals surface area contributed by atoms with Crippen molar-refractivity contribution in [3.8, 4) is 5.69 Å². The molecule has 3 aromatic rings. The molecule has 3 rings (SSSR count). The van der Waals surface area contributed by atoms with Crippen molar-refractivity contribution in [1.29, 1.82) is 0 Å². The molecular weight excluding hydrogens is 298 g/mol. The first-order chi connectivity index (χ1) is 11.6. The minimum absolute atomic E-state index is 0.0754. The first kappa shape index (κ1) is 16.0. The van der Waals surface area contributed by atoms with Crippen LogP contribution in [0.15, 0.2) is 54.7 Å². The minimum Gasteiger partial charge on any atom is -0.346 e. The van der Waals surface area contributed by atoms with Crippen LogP contribution in [0.4, 0.5) is 0 Å². The first-order valence-electron chi connectivity index (χ1n) is 8.01. The van der Waals surface area contributed by atoms with Crippen molar-refractivity contribution in [2.24, 2.45) is 0 Å². The van der Waals surface area contributed by atoms with Gasteiger partial charge in [-0.05, 0) is 50.6 Å². The lowest BCUT2D eigenvalue weighted by atomic mass is 10.2. The summed E-state index contributed by atoms with van der Waals surface area (Å²) in [7, 11) is 0. The zero-order chi connectivity index (χ0) is 17.1. The summed E-state index contributed by atoms with van der Waals surface area (Å²) in [6, 6.07) is 15.8. The van der Waals surface area contributed by atoms with E-state index in [2.05, 4.69) is 33.9 Å². The fourth-order valence-electron chi connectivity index (χ4n) is 2.95. The Hall–Kier alpha value is -2.88. The molecule has 0 aliphatic rings. The number of hydrogen-bond acceptors (Lipinski definition) is 2. The summed E-state index contributed by atoms with van der Waals surface area (Å²) >= 11 is 0. The molecule has 122 valence electrons. The first-order valence-corrected chi connectivity index (χ1v) is 8.01. The molecule has 1 aromatic carbocycles. The zero-order valence-electron chi connectivity index (χ0n) is 14.2. The van der Waals surface area contributed by atoms with Crippen molar-refractivity contribution < 1.29 is 4.79 Å². The minimum atomic E-state index is -0.0754. The molecule has 0 bridgehead atoms. The van der Waals surface area contributed by atoms with E-state index in [0.717, 1.165) is 22.8 Å². The van der Waals surface area contributed by atoms with E-state index in [1.807, 2.05) is 50.2 Å². The normalized spacial score (nSPS) is 10.6. The van der Waals surface area contributed by atoms with Crippen LogP contribution < -0.4 is 5.32 Å². The summed E-state index contributed by atoms with van der Waals surface area (Å²) in [4.78, 5) is 16.8. The molecule has 0 radical (unpaired) electrons. The van der Waals surface area contributed by atoms with Gasteiger partial charge >= 0.3 is 0 Å². The molecule has 4 nitrogen and oxygen atoms in total. The number of aryl methyl sites for hydroxylation is 2. The molecular formula is C20H21N3O. The Kier molecular flexibility index (Phi) is 4.47. The molecule has 0 fully saturated rings. The maximum Gasteiger partial charge on any atom is 0.253 e. The maximum atomic E-state index is 12.6. The van der Waals surface area contributed by atoms with Gasteiger partial charge in [0.15, 0.2) is 0 Å². The average Bonchev–Trinajstić information content (AvgIpc) is 2.89. The Labute approximate surface area is 142 Å². The van der Waals surface area contributed by atoms with Gasteiger partial charge in [-0.3, -0.25) is 9.78 Å². The molecule has 2 aromatic heterocycles. The molecule has 0 saturated heterocycles. The fourth-order valence-corrected chi connectivity index (χ4v) is 2.95. The predicted octanol–water partition coefficient (Wildman–Crippen LogP) is 3.73. The Balaban J connectivity index is 1.86. The Bertz CT molecular complexity index is 866. The third kappa shape index (κ3) is 3.08. The molecule has 0 aliphatic carbocycles. The SMILES string of the molecule is Cc1ccccc1-n1c(C)cc(C(=O)NCc2ccccn2)c1C. The van der Waals surface area contributed by atoms with Crippen molar-refractivity contribution in [1.82, 2.24) is 14.9 Å². The van der Waals surface area contributed by atoms with Crippen LogP contribution in [-0.4, -0.2) is 15.5 Å². The fraction of sp³-hybridized carbons (Fsp3) is 0.200. The van der Waals surface area contributed by atoms with Gasteiger partial charge in [-0.1, -0.05) is 24.3 Å². The standard InChI is InChI=1S/C20H21N3O/c1-14-8-4-5-10-19(14)23-15(2)12-18(16(23)3)20(24)22-13-17-9-6-7-11-21-17/h4-12H,13H2,1-3H3,(H,22,24). The van der Waals surface area contributed by atoms with Crippen LogP contribution in [0.2, 0.25) is 0 Å². The Morgan fingerprint density at radius 2 is 1.83 bits per heavy atom. The van der Waals surface area contributed by atoms with E-state index >= 15 is 0 Å². The third-order valence-electron chi connectivity index (χ3n) is 4.19. The van der Waals surface area contributed by atoms with E-state index in [1.54, 1.807) is 6.20 Å². The largest absolute Gasteiger partial charge is 0.346 e. The van der Waals surface area contributed by atoms with Gasteiger partial charge < -0.3 is 9.88 Å². The number of pyridine rings is 1. The molecule has 4 heteroatoms. The third-order valence-corrected chi connectivity index (χ3v) is 4.19. The van der Waals surface area contributed by atoms with E-state index in [9.17, 15) is 4.79 Å². The van der Waals surface area contributed by atoms with Gasteiger partial charge in [-0.2, -0.15) is 0 Å². The van der Waals surface area contributed by atoms with Gasteiger partial charge in [0, 0.05) is 23.3 Å². The summed E-state index contributed by atoms with van der Waals surface area (Å²) in [5.74, 6) is -0.0754. The highest BCUT2D eigenvalue weighted by Gasteiger charge is 2.17. The van der Waals surface area contributed by atoms with Crippen molar-refractivity contribution in [3.63, 3.8) is 0 Å². The van der Waals surface area contributed by atoms with Crippen LogP contribution in [0.5, 0.6) is 0 Å². The van der Waals surface area contributed by atoms with Crippen LogP contribution in [-0.2, 0) is 6.54 Å². The number of hydrogen-bond donors (Lipinski definition) is 1. The highest BCUT2D eigenvalue weighted by molar-refractivity contribution is 5.95. The summed E-state index contributed by atoms with van der Waals surface area (Å²) in [6.45, 7) is 6.51. The number of carbonyl (C=O) groups is 1. The number of benzene rings is 1. The van der Waals surface area contributed by atoms with Gasteiger partial charge in [-0.25, -0.2) is 0 Å². The molecule has 0 saturated carbocycles. The predicted molar refractivity (Wildman–Crippen MR) is 95.4 cm³/mol. The second-order valence-corrected chi connectivity index (χ2v) is 5.91. The number of nitrogens with zero attached hydrogens (tertiary/aromatic N) is 2. The summed E-state index contributed by atoms with van der Waals surface area (Å²) < 4.78 is 2.13. The van der Waals surface area contributed by atoms with Crippen molar-refractivity contribution in [2.75, 3.05) is 0 Å². The van der Waals surface area contributed by atoms with Gasteiger partial charge in [-0.15, -0.1) is 0 Å². The lowest BCUT2D eigenvalue weighted by Gasteiger charge is -2.12. The molecule has 0 atom stereocenters. The van der Waals surface area contributed by atoms with Crippen LogP contribution in [0, 0.1) is 20.8 Å². The molecule has 0 unspecified atom stereocenters. The number of rotatable bonds is 4. The monoisotopic (exact) mass is 319 g/mol.